The number of nitro groups is 1. The van der Waals surface area contributed by atoms with Crippen LogP contribution in [0.1, 0.15) is 27.4 Å². The van der Waals surface area contributed by atoms with E-state index in [4.69, 9.17) is 20.8 Å². The Bertz CT molecular complexity index is 1350. The predicted octanol–water partition coefficient (Wildman–Crippen LogP) is 5.36. The molecule has 11 heteroatoms. The molecule has 34 heavy (non-hydrogen) atoms. The van der Waals surface area contributed by atoms with Crippen LogP contribution in [0.15, 0.2) is 65.3 Å². The van der Waals surface area contributed by atoms with Gasteiger partial charge in [-0.2, -0.15) is 5.10 Å². The van der Waals surface area contributed by atoms with E-state index in [0.717, 1.165) is 5.56 Å². The molecule has 0 radical (unpaired) electrons. The standard InChI is InChI=1S/C23H18ClFN4O5/c1-14-5-7-21(20(9-14)29(31)32)33-13-16-6-8-22(34-16)23(30)27-15-10-26-28(11-15)12-17-18(24)3-2-4-19(17)25/h2-11H,12-13H2,1H3,(H,27,30). The fourth-order valence-corrected chi connectivity index (χ4v) is 3.39. The molecule has 0 atom stereocenters. The third-order valence-electron chi connectivity index (χ3n) is 4.84. The van der Waals surface area contributed by atoms with Gasteiger partial charge in [0.05, 0.1) is 23.4 Å². The molecule has 0 saturated carbocycles. The van der Waals surface area contributed by atoms with Gasteiger partial charge in [-0.15, -0.1) is 0 Å². The van der Waals surface area contributed by atoms with E-state index in [1.54, 1.807) is 25.1 Å². The number of aryl methyl sites for hydroxylation is 1. The van der Waals surface area contributed by atoms with E-state index in [1.165, 1.54) is 47.4 Å². The first-order valence-corrected chi connectivity index (χ1v) is 10.4. The SMILES string of the molecule is Cc1ccc(OCc2ccc(C(=O)Nc3cnn(Cc4c(F)cccc4Cl)c3)o2)c([N+](=O)[O-])c1. The van der Waals surface area contributed by atoms with Crippen molar-refractivity contribution in [3.05, 3.63) is 105 Å². The molecule has 174 valence electrons. The van der Waals surface area contributed by atoms with E-state index in [0.29, 0.717) is 11.4 Å². The predicted molar refractivity (Wildman–Crippen MR) is 122 cm³/mol. The minimum Gasteiger partial charge on any atom is -0.479 e. The van der Waals surface area contributed by atoms with Crippen molar-refractivity contribution >= 4 is 28.9 Å². The summed E-state index contributed by atoms with van der Waals surface area (Å²) in [6, 6.07) is 12.0. The first-order chi connectivity index (χ1) is 16.3. The number of anilines is 1. The van der Waals surface area contributed by atoms with Gasteiger partial charge in [0, 0.05) is 22.8 Å². The van der Waals surface area contributed by atoms with Crippen LogP contribution in [-0.2, 0) is 13.2 Å². The van der Waals surface area contributed by atoms with Crippen molar-refractivity contribution in [3.8, 4) is 5.75 Å². The second-order valence-corrected chi connectivity index (χ2v) is 7.77. The van der Waals surface area contributed by atoms with E-state index in [2.05, 4.69) is 10.4 Å². The highest BCUT2D eigenvalue weighted by atomic mass is 35.5. The fraction of sp³-hybridized carbons (Fsp3) is 0.130. The highest BCUT2D eigenvalue weighted by Gasteiger charge is 2.17. The molecule has 1 N–H and O–H groups in total. The van der Waals surface area contributed by atoms with Crippen LogP contribution in [0.25, 0.3) is 0 Å². The van der Waals surface area contributed by atoms with Gasteiger partial charge in [-0.05, 0) is 42.8 Å². The van der Waals surface area contributed by atoms with Crippen LogP contribution in [0.5, 0.6) is 5.75 Å². The fourth-order valence-electron chi connectivity index (χ4n) is 3.17. The third kappa shape index (κ3) is 5.24. The lowest BCUT2D eigenvalue weighted by Gasteiger charge is -2.06. The lowest BCUT2D eigenvalue weighted by molar-refractivity contribution is -0.386. The van der Waals surface area contributed by atoms with Gasteiger partial charge >= 0.3 is 5.69 Å². The van der Waals surface area contributed by atoms with Crippen LogP contribution in [0.2, 0.25) is 5.02 Å². The Morgan fingerprint density at radius 3 is 2.88 bits per heavy atom. The third-order valence-corrected chi connectivity index (χ3v) is 5.19. The maximum absolute atomic E-state index is 14.0. The molecule has 0 unspecified atom stereocenters. The average molecular weight is 485 g/mol. The summed E-state index contributed by atoms with van der Waals surface area (Å²) in [7, 11) is 0. The molecule has 0 aliphatic rings. The lowest BCUT2D eigenvalue weighted by atomic mass is 10.2. The van der Waals surface area contributed by atoms with Crippen molar-refractivity contribution < 1.29 is 23.3 Å². The number of nitro benzene ring substituents is 1. The van der Waals surface area contributed by atoms with Gasteiger partial charge < -0.3 is 14.5 Å². The van der Waals surface area contributed by atoms with Gasteiger partial charge in [-0.3, -0.25) is 19.6 Å². The van der Waals surface area contributed by atoms with Crippen LogP contribution in [0.3, 0.4) is 0 Å². The number of amides is 1. The number of benzene rings is 2. The molecule has 0 spiro atoms. The van der Waals surface area contributed by atoms with Crippen LogP contribution in [-0.4, -0.2) is 20.6 Å². The molecule has 0 aliphatic heterocycles. The van der Waals surface area contributed by atoms with Crippen molar-refractivity contribution in [3.63, 3.8) is 0 Å². The van der Waals surface area contributed by atoms with Crippen molar-refractivity contribution in [1.82, 2.24) is 9.78 Å². The quantitative estimate of drug-likeness (QED) is 0.266. The number of nitrogens with zero attached hydrogens (tertiary/aromatic N) is 3. The Morgan fingerprint density at radius 1 is 1.29 bits per heavy atom. The summed E-state index contributed by atoms with van der Waals surface area (Å²) in [6.07, 6.45) is 2.94. The van der Waals surface area contributed by atoms with E-state index in [-0.39, 0.29) is 40.9 Å². The molecule has 1 amide bonds. The molecule has 9 nitrogen and oxygen atoms in total. The van der Waals surface area contributed by atoms with Gasteiger partial charge in [-0.1, -0.05) is 23.7 Å². The molecule has 0 saturated heterocycles. The summed E-state index contributed by atoms with van der Waals surface area (Å²) in [5, 5.41) is 18.2. The monoisotopic (exact) mass is 484 g/mol. The van der Waals surface area contributed by atoms with Crippen molar-refractivity contribution in [2.75, 3.05) is 5.32 Å². The second-order valence-electron chi connectivity index (χ2n) is 7.36. The maximum Gasteiger partial charge on any atom is 0.311 e. The van der Waals surface area contributed by atoms with Crippen molar-refractivity contribution in [2.24, 2.45) is 0 Å². The minimum absolute atomic E-state index is 0.0157. The molecule has 2 heterocycles. The maximum atomic E-state index is 14.0. The summed E-state index contributed by atoms with van der Waals surface area (Å²) < 4.78 is 26.4. The molecule has 2 aromatic heterocycles. The van der Waals surface area contributed by atoms with Gasteiger partial charge in [-0.25, -0.2) is 4.39 Å². The number of furan rings is 1. The van der Waals surface area contributed by atoms with Crippen LogP contribution in [0.4, 0.5) is 15.8 Å². The number of carbonyl (C=O) groups is 1. The van der Waals surface area contributed by atoms with E-state index in [1.807, 2.05) is 0 Å². The second kappa shape index (κ2) is 9.75. The van der Waals surface area contributed by atoms with Crippen LogP contribution < -0.4 is 10.1 Å². The number of nitrogens with one attached hydrogen (secondary N) is 1. The summed E-state index contributed by atoms with van der Waals surface area (Å²) in [4.78, 5) is 23.2. The first kappa shape index (κ1) is 23.0. The van der Waals surface area contributed by atoms with E-state index >= 15 is 0 Å². The minimum atomic E-state index is -0.531. The van der Waals surface area contributed by atoms with Gasteiger partial charge in [0.1, 0.15) is 18.2 Å². The number of ether oxygens (including phenoxy) is 1. The largest absolute Gasteiger partial charge is 0.479 e. The number of halogens is 2. The number of carbonyl (C=O) groups excluding carboxylic acids is 1. The molecule has 2 aromatic carbocycles. The van der Waals surface area contributed by atoms with E-state index in [9.17, 15) is 19.3 Å². The normalized spacial score (nSPS) is 10.8. The van der Waals surface area contributed by atoms with Crippen LogP contribution >= 0.6 is 11.6 Å². The Hall–Kier alpha value is -4.18. The zero-order valence-electron chi connectivity index (χ0n) is 17.8. The van der Waals surface area contributed by atoms with Crippen molar-refractivity contribution in [2.45, 2.75) is 20.1 Å². The Morgan fingerprint density at radius 2 is 2.12 bits per heavy atom. The number of aromatic nitrogens is 2. The van der Waals surface area contributed by atoms with Crippen LogP contribution in [0, 0.1) is 22.9 Å². The summed E-state index contributed by atoms with van der Waals surface area (Å²) >= 11 is 6.04. The number of hydrogen-bond acceptors (Lipinski definition) is 6. The Balaban J connectivity index is 1.38. The van der Waals surface area contributed by atoms with E-state index < -0.39 is 16.6 Å². The first-order valence-electron chi connectivity index (χ1n) is 10.0. The average Bonchev–Trinajstić information content (AvgIpc) is 3.45. The van der Waals surface area contributed by atoms with Gasteiger partial charge in [0.2, 0.25) is 0 Å². The van der Waals surface area contributed by atoms with Gasteiger partial charge in [0.25, 0.3) is 5.91 Å². The zero-order chi connectivity index (χ0) is 24.2. The molecule has 4 rings (SSSR count). The Labute approximate surface area is 197 Å². The molecule has 4 aromatic rings. The van der Waals surface area contributed by atoms with Gasteiger partial charge in [0.15, 0.2) is 11.5 Å². The molecular weight excluding hydrogens is 467 g/mol. The molecule has 0 fully saturated rings. The topological polar surface area (TPSA) is 112 Å². The lowest BCUT2D eigenvalue weighted by Crippen LogP contribution is -2.10. The molecule has 0 aliphatic carbocycles. The Kier molecular flexibility index (Phi) is 6.60. The smallest absolute Gasteiger partial charge is 0.311 e. The number of rotatable bonds is 8. The summed E-state index contributed by atoms with van der Waals surface area (Å²) in [6.45, 7) is 1.74. The summed E-state index contributed by atoms with van der Waals surface area (Å²) in [5.41, 5.74) is 1.24. The molecular formula is C23H18ClFN4O5. The highest BCUT2D eigenvalue weighted by molar-refractivity contribution is 6.31. The summed E-state index contributed by atoms with van der Waals surface area (Å²) in [5.74, 6) is -0.557. The number of hydrogen-bond donors (Lipinski definition) is 1. The highest BCUT2D eigenvalue weighted by Crippen LogP contribution is 2.28. The van der Waals surface area contributed by atoms with Crippen molar-refractivity contribution in [1.29, 1.82) is 0 Å². The zero-order valence-corrected chi connectivity index (χ0v) is 18.6. The molecule has 0 bridgehead atoms.